The average molecular weight is 514 g/mol. The Labute approximate surface area is 212 Å². The molecule has 2 atom stereocenters. The van der Waals surface area contributed by atoms with Gasteiger partial charge in [0.15, 0.2) is 0 Å². The van der Waals surface area contributed by atoms with Crippen LogP contribution in [0.4, 0.5) is 10.5 Å². The molecule has 1 aliphatic heterocycles. The van der Waals surface area contributed by atoms with E-state index in [9.17, 15) is 24.0 Å². The summed E-state index contributed by atoms with van der Waals surface area (Å²) < 4.78 is 9.29. The van der Waals surface area contributed by atoms with Crippen molar-refractivity contribution in [1.82, 2.24) is 10.6 Å². The summed E-state index contributed by atoms with van der Waals surface area (Å²) in [6.45, 7) is 0.514. The van der Waals surface area contributed by atoms with Crippen molar-refractivity contribution in [3.63, 3.8) is 0 Å². The maximum Gasteiger partial charge on any atom is 0.328 e. The summed E-state index contributed by atoms with van der Waals surface area (Å²) in [6, 6.07) is 13.5. The van der Waals surface area contributed by atoms with E-state index < -0.39 is 29.1 Å². The summed E-state index contributed by atoms with van der Waals surface area (Å²) in [5.41, 5.74) is 3.13. The Bertz CT molecular complexity index is 1120. The highest BCUT2D eigenvalue weighted by atomic mass is 32.2. The van der Waals surface area contributed by atoms with Gasteiger partial charge in [-0.15, -0.1) is 0 Å². The molecule has 3 rings (SSSR count). The van der Waals surface area contributed by atoms with E-state index in [1.54, 1.807) is 24.3 Å². The summed E-state index contributed by atoms with van der Waals surface area (Å²) in [6.07, 6.45) is 0.513. The zero-order valence-electron chi connectivity index (χ0n) is 19.9. The molecule has 0 radical (unpaired) electrons. The molecule has 0 aromatic heterocycles. The molecule has 11 heteroatoms. The molecule has 2 aromatic carbocycles. The first-order valence-corrected chi connectivity index (χ1v) is 12.1. The highest BCUT2D eigenvalue weighted by molar-refractivity contribution is 8.15. The highest BCUT2D eigenvalue weighted by Gasteiger charge is 2.31. The van der Waals surface area contributed by atoms with Gasteiger partial charge in [-0.05, 0) is 48.2 Å². The number of imide groups is 1. The van der Waals surface area contributed by atoms with E-state index in [2.05, 4.69) is 20.7 Å². The van der Waals surface area contributed by atoms with Crippen LogP contribution in [-0.4, -0.2) is 54.5 Å². The summed E-state index contributed by atoms with van der Waals surface area (Å²) in [4.78, 5) is 58.9. The van der Waals surface area contributed by atoms with Gasteiger partial charge in [0.05, 0.1) is 19.5 Å². The molecule has 1 aliphatic rings. The lowest BCUT2D eigenvalue weighted by atomic mass is 10.1. The number of hydrogen-bond acceptors (Lipinski definition) is 9. The van der Waals surface area contributed by atoms with E-state index in [4.69, 9.17) is 4.74 Å². The Morgan fingerprint density at radius 2 is 1.64 bits per heavy atom. The maximum absolute atomic E-state index is 12.6. The molecule has 0 spiro atoms. The van der Waals surface area contributed by atoms with E-state index in [-0.39, 0.29) is 24.0 Å². The van der Waals surface area contributed by atoms with Gasteiger partial charge in [-0.25, -0.2) is 4.79 Å². The fraction of sp³-hybridized carbons (Fsp3) is 0.320. The lowest BCUT2D eigenvalue weighted by Gasteiger charge is -2.16. The van der Waals surface area contributed by atoms with Crippen LogP contribution in [0.3, 0.4) is 0 Å². The Morgan fingerprint density at radius 3 is 2.22 bits per heavy atom. The second-order valence-corrected chi connectivity index (χ2v) is 9.17. The van der Waals surface area contributed by atoms with Crippen molar-refractivity contribution in [3.05, 3.63) is 65.2 Å². The first kappa shape index (κ1) is 26.7. The second kappa shape index (κ2) is 12.7. The van der Waals surface area contributed by atoms with Crippen molar-refractivity contribution in [2.75, 3.05) is 19.5 Å². The van der Waals surface area contributed by atoms with Gasteiger partial charge in [0.25, 0.3) is 11.1 Å². The predicted molar refractivity (Wildman–Crippen MR) is 133 cm³/mol. The molecule has 1 fully saturated rings. The number of hydrogen-bond donors (Lipinski definition) is 3. The van der Waals surface area contributed by atoms with Crippen LogP contribution in [0.1, 0.15) is 34.3 Å². The summed E-state index contributed by atoms with van der Waals surface area (Å²) >= 11 is 1.01. The van der Waals surface area contributed by atoms with Crippen molar-refractivity contribution in [2.24, 2.45) is 0 Å². The number of methoxy groups -OCH3 is 2. The number of amides is 3. The minimum Gasteiger partial charge on any atom is -0.469 e. The topological polar surface area (TPSA) is 140 Å². The minimum absolute atomic E-state index is 0.0311. The molecule has 3 N–H and O–H groups in total. The van der Waals surface area contributed by atoms with Gasteiger partial charge in [-0.3, -0.25) is 24.5 Å². The van der Waals surface area contributed by atoms with Crippen LogP contribution in [0.5, 0.6) is 0 Å². The van der Waals surface area contributed by atoms with Crippen LogP contribution < -0.4 is 16.0 Å². The van der Waals surface area contributed by atoms with E-state index in [0.29, 0.717) is 18.5 Å². The van der Waals surface area contributed by atoms with E-state index in [0.717, 1.165) is 28.6 Å². The monoisotopic (exact) mass is 513 g/mol. The third kappa shape index (κ3) is 7.57. The van der Waals surface area contributed by atoms with Gasteiger partial charge < -0.3 is 20.1 Å². The molecule has 1 saturated heterocycles. The van der Waals surface area contributed by atoms with Crippen LogP contribution in [0.15, 0.2) is 48.5 Å². The predicted octanol–water partition coefficient (Wildman–Crippen LogP) is 2.42. The Hall–Kier alpha value is -3.86. The minimum atomic E-state index is -0.965. The molecule has 190 valence electrons. The number of carbonyl (C=O) groups excluding carboxylic acids is 5. The summed E-state index contributed by atoms with van der Waals surface area (Å²) in [5.74, 6) is -1.84. The van der Waals surface area contributed by atoms with Gasteiger partial charge in [0.2, 0.25) is 5.91 Å². The SMILES string of the molecule is COC(=O)CC[C@@H](NC(=O)c1ccc(CNc2ccc(CC3SC(=O)NC3=O)cc2)cc1)C(=O)OC. The number of benzene rings is 2. The number of esters is 2. The molecule has 1 heterocycles. The van der Waals surface area contributed by atoms with Crippen molar-refractivity contribution in [1.29, 1.82) is 0 Å². The van der Waals surface area contributed by atoms with Crippen molar-refractivity contribution in [2.45, 2.75) is 37.1 Å². The zero-order valence-corrected chi connectivity index (χ0v) is 20.7. The molecule has 0 saturated carbocycles. The zero-order chi connectivity index (χ0) is 26.1. The maximum atomic E-state index is 12.6. The molecule has 1 unspecified atom stereocenters. The van der Waals surface area contributed by atoms with Crippen molar-refractivity contribution in [3.8, 4) is 0 Å². The molecule has 0 aliphatic carbocycles. The van der Waals surface area contributed by atoms with Crippen molar-refractivity contribution >= 4 is 46.4 Å². The second-order valence-electron chi connectivity index (χ2n) is 8.00. The summed E-state index contributed by atoms with van der Waals surface area (Å²) in [5, 5.41) is 7.46. The van der Waals surface area contributed by atoms with E-state index in [1.807, 2.05) is 24.3 Å². The molecule has 10 nitrogen and oxygen atoms in total. The number of carbonyl (C=O) groups is 5. The van der Waals surface area contributed by atoms with Crippen LogP contribution >= 0.6 is 11.8 Å². The van der Waals surface area contributed by atoms with Crippen LogP contribution in [0.25, 0.3) is 0 Å². The number of nitrogens with one attached hydrogen (secondary N) is 3. The van der Waals surface area contributed by atoms with Gasteiger partial charge in [-0.2, -0.15) is 0 Å². The fourth-order valence-corrected chi connectivity index (χ4v) is 4.34. The molecule has 36 heavy (non-hydrogen) atoms. The van der Waals surface area contributed by atoms with Crippen LogP contribution in [0.2, 0.25) is 0 Å². The van der Waals surface area contributed by atoms with Gasteiger partial charge in [-0.1, -0.05) is 36.0 Å². The third-order valence-electron chi connectivity index (χ3n) is 5.51. The quantitative estimate of drug-likeness (QED) is 0.386. The normalized spacial score (nSPS) is 15.6. The standard InChI is InChI=1S/C25H27N3O7S/c1-34-21(29)12-11-19(24(32)35-2)27-22(30)17-7-3-16(4-8-17)14-26-18-9-5-15(6-10-18)13-20-23(31)28-25(33)36-20/h3-10,19-20,26H,11-14H2,1-2H3,(H,27,30)(H,28,31,33)/t19-,20?/m1/s1. The Morgan fingerprint density at radius 1 is 0.972 bits per heavy atom. The number of anilines is 1. The van der Waals surface area contributed by atoms with Gasteiger partial charge in [0.1, 0.15) is 6.04 Å². The largest absolute Gasteiger partial charge is 0.469 e. The fourth-order valence-electron chi connectivity index (χ4n) is 3.48. The van der Waals surface area contributed by atoms with Crippen molar-refractivity contribution < 1.29 is 33.4 Å². The van der Waals surface area contributed by atoms with Crippen LogP contribution in [0, 0.1) is 0 Å². The Kier molecular flexibility index (Phi) is 9.46. The van der Waals surface area contributed by atoms with Crippen LogP contribution in [-0.2, 0) is 36.8 Å². The smallest absolute Gasteiger partial charge is 0.328 e. The van der Waals surface area contributed by atoms with E-state index >= 15 is 0 Å². The molecular formula is C25H27N3O7S. The summed E-state index contributed by atoms with van der Waals surface area (Å²) in [7, 11) is 2.46. The molecule has 2 aromatic rings. The Balaban J connectivity index is 1.50. The average Bonchev–Trinajstić information content (AvgIpc) is 3.21. The molecule has 0 bridgehead atoms. The first-order chi connectivity index (χ1) is 17.3. The highest BCUT2D eigenvalue weighted by Crippen LogP contribution is 2.23. The van der Waals surface area contributed by atoms with Gasteiger partial charge >= 0.3 is 11.9 Å². The first-order valence-electron chi connectivity index (χ1n) is 11.2. The number of thioether (sulfide) groups is 1. The number of rotatable bonds is 11. The molecular weight excluding hydrogens is 486 g/mol. The van der Waals surface area contributed by atoms with E-state index in [1.165, 1.54) is 14.2 Å². The molecule has 3 amide bonds. The third-order valence-corrected chi connectivity index (χ3v) is 6.49. The number of ether oxygens (including phenoxy) is 2. The lowest BCUT2D eigenvalue weighted by Crippen LogP contribution is -2.41. The van der Waals surface area contributed by atoms with Gasteiger partial charge in [0, 0.05) is 24.2 Å². The lowest BCUT2D eigenvalue weighted by molar-refractivity contribution is -0.144.